The number of benzene rings is 3. The van der Waals surface area contributed by atoms with Gasteiger partial charge in [0.2, 0.25) is 0 Å². The van der Waals surface area contributed by atoms with E-state index in [-0.39, 0.29) is 17.3 Å². The minimum Gasteiger partial charge on any atom is -0.453 e. The molecule has 178 valence electrons. The number of nitrogens with zero attached hydrogens (tertiary/aromatic N) is 2. The fourth-order valence-corrected chi connectivity index (χ4v) is 3.51. The van der Waals surface area contributed by atoms with Crippen LogP contribution in [0.4, 0.5) is 11.4 Å². The van der Waals surface area contributed by atoms with Gasteiger partial charge in [-0.3, -0.25) is 9.59 Å². The number of rotatable bonds is 8. The average molecular weight is 489 g/mol. The molecule has 35 heavy (non-hydrogen) atoms. The summed E-state index contributed by atoms with van der Waals surface area (Å²) < 4.78 is 7.18. The Bertz CT molecular complexity index is 1370. The number of hydrogen-bond acceptors (Lipinski definition) is 5. The fourth-order valence-electron chi connectivity index (χ4n) is 3.29. The molecular formula is C27H25ClN4O3. The van der Waals surface area contributed by atoms with Gasteiger partial charge in [0, 0.05) is 17.8 Å². The SMILES string of the molecule is CC(C)CNC(=O)c1ccc(Nc2c(Oc3ccccc3)cnn(-c3ccccc3Cl)c2=O)cc1. The van der Waals surface area contributed by atoms with Crippen molar-refractivity contribution in [2.75, 3.05) is 11.9 Å². The molecule has 0 bridgehead atoms. The third-order valence-corrected chi connectivity index (χ3v) is 5.40. The Morgan fingerprint density at radius 3 is 2.37 bits per heavy atom. The standard InChI is InChI=1S/C27H25ClN4O3/c1-18(2)16-29-26(33)19-12-14-20(15-13-19)31-25-24(35-21-8-4-3-5-9-21)17-30-32(27(25)34)23-11-7-6-10-22(23)28/h3-15,17-18,31H,16H2,1-2H3,(H,29,33). The third kappa shape index (κ3) is 5.88. The van der Waals surface area contributed by atoms with E-state index in [1.54, 1.807) is 60.7 Å². The van der Waals surface area contributed by atoms with Gasteiger partial charge in [0.1, 0.15) is 5.75 Å². The van der Waals surface area contributed by atoms with Crippen LogP contribution in [0.2, 0.25) is 5.02 Å². The van der Waals surface area contributed by atoms with Gasteiger partial charge in [-0.2, -0.15) is 9.78 Å². The summed E-state index contributed by atoms with van der Waals surface area (Å²) in [5.41, 5.74) is 1.33. The van der Waals surface area contributed by atoms with Crippen LogP contribution < -0.4 is 20.9 Å². The van der Waals surface area contributed by atoms with Gasteiger partial charge in [-0.25, -0.2) is 0 Å². The predicted molar refractivity (Wildman–Crippen MR) is 138 cm³/mol. The monoisotopic (exact) mass is 488 g/mol. The second-order valence-corrected chi connectivity index (χ2v) is 8.68. The van der Waals surface area contributed by atoms with Crippen LogP contribution in [-0.4, -0.2) is 22.2 Å². The van der Waals surface area contributed by atoms with Gasteiger partial charge in [0.25, 0.3) is 11.5 Å². The zero-order valence-corrected chi connectivity index (χ0v) is 20.1. The molecule has 0 spiro atoms. The van der Waals surface area contributed by atoms with Gasteiger partial charge < -0.3 is 15.4 Å². The first kappa shape index (κ1) is 24.0. The second-order valence-electron chi connectivity index (χ2n) is 8.27. The smallest absolute Gasteiger partial charge is 0.299 e. The highest BCUT2D eigenvalue weighted by Crippen LogP contribution is 2.29. The van der Waals surface area contributed by atoms with Gasteiger partial charge in [-0.05, 0) is 54.4 Å². The highest BCUT2D eigenvalue weighted by atomic mass is 35.5. The molecule has 0 saturated heterocycles. The lowest BCUT2D eigenvalue weighted by Crippen LogP contribution is -2.27. The van der Waals surface area contributed by atoms with Crippen molar-refractivity contribution in [2.45, 2.75) is 13.8 Å². The summed E-state index contributed by atoms with van der Waals surface area (Å²) in [7, 11) is 0. The van der Waals surface area contributed by atoms with Crippen molar-refractivity contribution < 1.29 is 9.53 Å². The number of hydrogen-bond donors (Lipinski definition) is 2. The Kier molecular flexibility index (Phi) is 7.48. The van der Waals surface area contributed by atoms with E-state index in [0.29, 0.717) is 40.2 Å². The maximum absolute atomic E-state index is 13.5. The first-order chi connectivity index (χ1) is 16.9. The zero-order valence-electron chi connectivity index (χ0n) is 19.4. The van der Waals surface area contributed by atoms with E-state index in [4.69, 9.17) is 16.3 Å². The van der Waals surface area contributed by atoms with Crippen LogP contribution in [0.15, 0.2) is 89.9 Å². The van der Waals surface area contributed by atoms with Crippen LogP contribution in [-0.2, 0) is 0 Å². The Morgan fingerprint density at radius 1 is 1.00 bits per heavy atom. The minimum absolute atomic E-state index is 0.150. The van der Waals surface area contributed by atoms with Crippen molar-refractivity contribution in [1.29, 1.82) is 0 Å². The summed E-state index contributed by atoms with van der Waals surface area (Å²) >= 11 is 6.32. The van der Waals surface area contributed by atoms with E-state index in [0.717, 1.165) is 0 Å². The third-order valence-electron chi connectivity index (χ3n) is 5.08. The largest absolute Gasteiger partial charge is 0.453 e. The van der Waals surface area contributed by atoms with Crippen LogP contribution >= 0.6 is 11.6 Å². The van der Waals surface area contributed by atoms with Crippen molar-refractivity contribution in [3.8, 4) is 17.2 Å². The van der Waals surface area contributed by atoms with Crippen LogP contribution in [0.5, 0.6) is 11.5 Å². The van der Waals surface area contributed by atoms with Crippen molar-refractivity contribution >= 4 is 28.9 Å². The molecule has 8 heteroatoms. The van der Waals surface area contributed by atoms with Gasteiger partial charge in [0.15, 0.2) is 11.4 Å². The molecule has 0 radical (unpaired) electrons. The number of ether oxygens (including phenoxy) is 1. The molecule has 2 N–H and O–H groups in total. The number of para-hydroxylation sites is 2. The van der Waals surface area contributed by atoms with Crippen LogP contribution in [0.3, 0.4) is 0 Å². The molecule has 1 heterocycles. The Labute approximate surface area is 208 Å². The summed E-state index contributed by atoms with van der Waals surface area (Å²) in [6.07, 6.45) is 1.47. The van der Waals surface area contributed by atoms with Crippen LogP contribution in [0, 0.1) is 5.92 Å². The zero-order chi connectivity index (χ0) is 24.8. The molecule has 0 atom stereocenters. The number of halogens is 1. The normalized spacial score (nSPS) is 10.7. The van der Waals surface area contributed by atoms with Gasteiger partial charge in [-0.15, -0.1) is 0 Å². The topological polar surface area (TPSA) is 85.2 Å². The molecule has 0 unspecified atom stereocenters. The Hall–Kier alpha value is -4.10. The highest BCUT2D eigenvalue weighted by molar-refractivity contribution is 6.32. The lowest BCUT2D eigenvalue weighted by Gasteiger charge is -2.15. The predicted octanol–water partition coefficient (Wildman–Crippen LogP) is 5.81. The molecule has 0 aliphatic carbocycles. The fraction of sp³-hybridized carbons (Fsp3) is 0.148. The maximum Gasteiger partial charge on any atom is 0.299 e. The molecule has 3 aromatic carbocycles. The maximum atomic E-state index is 13.5. The number of anilines is 2. The van der Waals surface area contributed by atoms with Gasteiger partial charge in [0.05, 0.1) is 16.9 Å². The van der Waals surface area contributed by atoms with E-state index in [1.165, 1.54) is 10.9 Å². The molecule has 4 rings (SSSR count). The van der Waals surface area contributed by atoms with E-state index >= 15 is 0 Å². The quantitative estimate of drug-likeness (QED) is 0.327. The number of nitrogens with one attached hydrogen (secondary N) is 2. The van der Waals surface area contributed by atoms with Crippen molar-refractivity contribution in [1.82, 2.24) is 15.1 Å². The molecule has 0 fully saturated rings. The summed E-state index contributed by atoms with van der Waals surface area (Å²) in [5, 5.41) is 10.7. The van der Waals surface area contributed by atoms with Gasteiger partial charge in [-0.1, -0.05) is 55.8 Å². The van der Waals surface area contributed by atoms with Crippen molar-refractivity contribution in [3.05, 3.63) is 106 Å². The molecule has 0 saturated carbocycles. The number of carbonyl (C=O) groups is 1. The van der Waals surface area contributed by atoms with E-state index in [9.17, 15) is 9.59 Å². The number of amides is 1. The van der Waals surface area contributed by atoms with E-state index < -0.39 is 5.56 Å². The molecule has 0 aliphatic heterocycles. The van der Waals surface area contributed by atoms with Crippen LogP contribution in [0.1, 0.15) is 24.2 Å². The van der Waals surface area contributed by atoms with Gasteiger partial charge >= 0.3 is 0 Å². The Balaban J connectivity index is 1.68. The molecule has 1 amide bonds. The summed E-state index contributed by atoms with van der Waals surface area (Å²) in [5.74, 6) is 1.02. The average Bonchev–Trinajstić information content (AvgIpc) is 2.86. The first-order valence-corrected chi connectivity index (χ1v) is 11.6. The molecule has 0 aliphatic rings. The van der Waals surface area contributed by atoms with E-state index in [1.807, 2.05) is 32.0 Å². The van der Waals surface area contributed by atoms with Crippen molar-refractivity contribution in [2.24, 2.45) is 5.92 Å². The van der Waals surface area contributed by atoms with E-state index in [2.05, 4.69) is 15.7 Å². The molecular weight excluding hydrogens is 464 g/mol. The second kappa shape index (κ2) is 10.9. The lowest BCUT2D eigenvalue weighted by atomic mass is 10.1. The van der Waals surface area contributed by atoms with Crippen LogP contribution in [0.25, 0.3) is 5.69 Å². The molecule has 1 aromatic heterocycles. The molecule has 7 nitrogen and oxygen atoms in total. The minimum atomic E-state index is -0.440. The summed E-state index contributed by atoms with van der Waals surface area (Å²) in [6, 6.07) is 22.9. The summed E-state index contributed by atoms with van der Waals surface area (Å²) in [6.45, 7) is 4.66. The number of carbonyl (C=O) groups excluding carboxylic acids is 1. The van der Waals surface area contributed by atoms with Crippen molar-refractivity contribution in [3.63, 3.8) is 0 Å². The first-order valence-electron chi connectivity index (χ1n) is 11.2. The summed E-state index contributed by atoms with van der Waals surface area (Å²) in [4.78, 5) is 25.8. The lowest BCUT2D eigenvalue weighted by molar-refractivity contribution is 0.0949. The highest BCUT2D eigenvalue weighted by Gasteiger charge is 2.17. The molecule has 4 aromatic rings. The Morgan fingerprint density at radius 2 is 1.69 bits per heavy atom. The number of aromatic nitrogens is 2.